The fourth-order valence-electron chi connectivity index (χ4n) is 1.20. The summed E-state index contributed by atoms with van der Waals surface area (Å²) in [5.41, 5.74) is 10.8. The highest BCUT2D eigenvalue weighted by Gasteiger charge is 1.89. The average molecular weight is 204 g/mol. The molecule has 0 saturated carbocycles. The lowest BCUT2D eigenvalue weighted by Gasteiger charge is -2.04. The first-order valence-electron chi connectivity index (χ1n) is 5.73. The smallest absolute Gasteiger partial charge is 0.00369 e. The minimum Gasteiger partial charge on any atom is -0.330 e. The van der Waals surface area contributed by atoms with E-state index in [1.807, 2.05) is 0 Å². The summed E-state index contributed by atoms with van der Waals surface area (Å²) < 4.78 is 0. The van der Waals surface area contributed by atoms with Gasteiger partial charge in [-0.2, -0.15) is 0 Å². The van der Waals surface area contributed by atoms with Crippen LogP contribution in [0.3, 0.4) is 0 Å². The van der Waals surface area contributed by atoms with Crippen molar-refractivity contribution in [2.45, 2.75) is 25.7 Å². The summed E-state index contributed by atoms with van der Waals surface area (Å²) in [6.45, 7) is 5.90. The SMILES string of the molecule is N[13CH2]CCNCCCCNCC[13CH2]N. The van der Waals surface area contributed by atoms with Crippen LogP contribution < -0.4 is 22.1 Å². The molecule has 0 radical (unpaired) electrons. The summed E-state index contributed by atoms with van der Waals surface area (Å²) in [5.74, 6) is 0. The van der Waals surface area contributed by atoms with Crippen molar-refractivity contribution in [1.82, 2.24) is 10.6 Å². The molecule has 0 saturated heterocycles. The Balaban J connectivity index is 2.78. The Hall–Kier alpha value is -0.160. The van der Waals surface area contributed by atoms with Crippen molar-refractivity contribution in [2.24, 2.45) is 11.5 Å². The van der Waals surface area contributed by atoms with E-state index in [0.717, 1.165) is 52.1 Å². The van der Waals surface area contributed by atoms with Crippen molar-refractivity contribution in [2.75, 3.05) is 39.3 Å². The zero-order chi connectivity index (χ0) is 10.5. The first-order chi connectivity index (χ1) is 6.91. The number of hydrogen-bond acceptors (Lipinski definition) is 4. The lowest BCUT2D eigenvalue weighted by atomic mass is 10.3. The van der Waals surface area contributed by atoms with Gasteiger partial charge in [0.1, 0.15) is 0 Å². The minimum atomic E-state index is 0.785. The zero-order valence-electron chi connectivity index (χ0n) is 9.23. The van der Waals surface area contributed by atoms with E-state index >= 15 is 0 Å². The van der Waals surface area contributed by atoms with E-state index in [-0.39, 0.29) is 0 Å². The van der Waals surface area contributed by atoms with Crippen LogP contribution in [0.2, 0.25) is 0 Å². The third-order valence-corrected chi connectivity index (χ3v) is 2.07. The van der Waals surface area contributed by atoms with Gasteiger partial charge >= 0.3 is 0 Å². The molecule has 0 aliphatic rings. The molecular weight excluding hydrogens is 178 g/mol. The van der Waals surface area contributed by atoms with Crippen LogP contribution in [0.5, 0.6) is 0 Å². The largest absolute Gasteiger partial charge is 0.330 e. The second-order valence-corrected chi connectivity index (χ2v) is 3.49. The fraction of sp³-hybridized carbons (Fsp3) is 1.00. The molecule has 0 aromatic heterocycles. The van der Waals surface area contributed by atoms with Crippen molar-refractivity contribution < 1.29 is 0 Å². The van der Waals surface area contributed by atoms with Gasteiger partial charge in [-0.25, -0.2) is 0 Å². The molecule has 0 fully saturated rings. The van der Waals surface area contributed by atoms with Gasteiger partial charge in [-0.15, -0.1) is 0 Å². The summed E-state index contributed by atoms with van der Waals surface area (Å²) in [7, 11) is 0. The van der Waals surface area contributed by atoms with E-state index in [9.17, 15) is 0 Å². The molecule has 0 unspecified atom stereocenters. The third-order valence-electron chi connectivity index (χ3n) is 2.07. The van der Waals surface area contributed by atoms with Crippen molar-refractivity contribution in [3.05, 3.63) is 0 Å². The van der Waals surface area contributed by atoms with E-state index in [0.29, 0.717) is 0 Å². The van der Waals surface area contributed by atoms with Crippen LogP contribution in [0, 0.1) is 0 Å². The molecule has 4 heteroatoms. The number of nitrogens with two attached hydrogens (primary N) is 2. The molecule has 0 aromatic carbocycles. The standard InChI is InChI=1S/C10H26N4/c11-5-3-9-13-7-1-2-8-14-10-4-6-12/h13-14H,1-12H2/i5+1,6+1. The highest BCUT2D eigenvalue weighted by Crippen LogP contribution is 1.84. The Labute approximate surface area is 87.8 Å². The molecule has 0 rings (SSSR count). The van der Waals surface area contributed by atoms with Gasteiger partial charge in [0.05, 0.1) is 0 Å². The normalized spacial score (nSPS) is 10.7. The maximum absolute atomic E-state index is 5.38. The lowest BCUT2D eigenvalue weighted by molar-refractivity contribution is 0.570. The van der Waals surface area contributed by atoms with E-state index < -0.39 is 0 Å². The van der Waals surface area contributed by atoms with Crippen LogP contribution in [0.4, 0.5) is 0 Å². The van der Waals surface area contributed by atoms with E-state index in [1.54, 1.807) is 0 Å². The Morgan fingerprint density at radius 2 is 0.929 bits per heavy atom. The predicted molar refractivity (Wildman–Crippen MR) is 62.3 cm³/mol. The Kier molecular flexibility index (Phi) is 12.7. The quantitative estimate of drug-likeness (QED) is 0.274. The summed E-state index contributed by atoms with van der Waals surface area (Å²) >= 11 is 0. The first-order valence-corrected chi connectivity index (χ1v) is 5.73. The topological polar surface area (TPSA) is 76.1 Å². The maximum Gasteiger partial charge on any atom is -0.00369 e. The number of unbranched alkanes of at least 4 members (excludes halogenated alkanes) is 1. The summed E-state index contributed by atoms with van der Waals surface area (Å²) in [5, 5.41) is 6.72. The average Bonchev–Trinajstić information content (AvgIpc) is 2.21. The van der Waals surface area contributed by atoms with Gasteiger partial charge in [0, 0.05) is 0 Å². The Morgan fingerprint density at radius 3 is 1.29 bits per heavy atom. The van der Waals surface area contributed by atoms with Crippen molar-refractivity contribution in [1.29, 1.82) is 0 Å². The second-order valence-electron chi connectivity index (χ2n) is 3.49. The molecular formula is C10H26N4. The van der Waals surface area contributed by atoms with Crippen LogP contribution in [-0.4, -0.2) is 39.3 Å². The van der Waals surface area contributed by atoms with Gasteiger partial charge < -0.3 is 22.1 Å². The number of rotatable bonds is 11. The molecule has 6 N–H and O–H groups in total. The van der Waals surface area contributed by atoms with Gasteiger partial charge in [-0.3, -0.25) is 0 Å². The second kappa shape index (κ2) is 12.8. The number of nitrogens with one attached hydrogen (secondary N) is 2. The lowest BCUT2D eigenvalue weighted by Crippen LogP contribution is -2.22. The van der Waals surface area contributed by atoms with Crippen LogP contribution >= 0.6 is 0 Å². The highest BCUT2D eigenvalue weighted by atomic mass is 14.9. The van der Waals surface area contributed by atoms with Crippen molar-refractivity contribution >= 4 is 0 Å². The summed E-state index contributed by atoms with van der Waals surface area (Å²) in [4.78, 5) is 0. The van der Waals surface area contributed by atoms with Gasteiger partial charge in [0.15, 0.2) is 0 Å². The van der Waals surface area contributed by atoms with Crippen LogP contribution in [0.25, 0.3) is 0 Å². The molecule has 4 nitrogen and oxygen atoms in total. The van der Waals surface area contributed by atoms with Gasteiger partial charge in [-0.1, -0.05) is 0 Å². The summed E-state index contributed by atoms with van der Waals surface area (Å²) in [6, 6.07) is 0. The zero-order valence-corrected chi connectivity index (χ0v) is 9.23. The van der Waals surface area contributed by atoms with Crippen LogP contribution in [-0.2, 0) is 0 Å². The predicted octanol–water partition coefficient (Wildman–Crippen LogP) is -0.357. The van der Waals surface area contributed by atoms with Crippen molar-refractivity contribution in [3.63, 3.8) is 0 Å². The van der Waals surface area contributed by atoms with Gasteiger partial charge in [0.25, 0.3) is 0 Å². The molecule has 0 bridgehead atoms. The van der Waals surface area contributed by atoms with Crippen LogP contribution in [0.15, 0.2) is 0 Å². The molecule has 0 spiro atoms. The molecule has 0 aliphatic heterocycles. The van der Waals surface area contributed by atoms with Crippen molar-refractivity contribution in [3.8, 4) is 0 Å². The molecule has 86 valence electrons. The molecule has 14 heavy (non-hydrogen) atoms. The molecule has 0 heterocycles. The minimum absolute atomic E-state index is 0.785. The van der Waals surface area contributed by atoms with E-state index in [2.05, 4.69) is 10.6 Å². The highest BCUT2D eigenvalue weighted by molar-refractivity contribution is 4.52. The molecule has 0 amide bonds. The van der Waals surface area contributed by atoms with E-state index in [4.69, 9.17) is 11.5 Å². The Morgan fingerprint density at radius 1 is 0.571 bits per heavy atom. The Bertz CT molecular complexity index is 86.1. The fourth-order valence-corrected chi connectivity index (χ4v) is 1.20. The third kappa shape index (κ3) is 11.8. The van der Waals surface area contributed by atoms with Crippen LogP contribution in [0.1, 0.15) is 25.7 Å². The molecule has 0 aliphatic carbocycles. The number of hydrogen-bond donors (Lipinski definition) is 4. The first kappa shape index (κ1) is 13.8. The van der Waals surface area contributed by atoms with E-state index in [1.165, 1.54) is 12.8 Å². The molecule has 0 aromatic rings. The maximum atomic E-state index is 5.38. The van der Waals surface area contributed by atoms with Gasteiger partial charge in [0.2, 0.25) is 0 Å². The monoisotopic (exact) mass is 204 g/mol. The summed E-state index contributed by atoms with van der Waals surface area (Å²) in [6.07, 6.45) is 4.63. The van der Waals surface area contributed by atoms with Gasteiger partial charge in [-0.05, 0) is 65.0 Å². The molecule has 0 atom stereocenters.